The van der Waals surface area contributed by atoms with Gasteiger partial charge in [0.15, 0.2) is 6.61 Å². The zero-order valence-corrected chi connectivity index (χ0v) is 11.8. The van der Waals surface area contributed by atoms with Gasteiger partial charge in [-0.3, -0.25) is 4.79 Å². The van der Waals surface area contributed by atoms with Crippen LogP contribution in [0.1, 0.15) is 30.9 Å². The zero-order chi connectivity index (χ0) is 15.9. The smallest absolute Gasteiger partial charge is 0.386 e. The molecular weight excluding hydrogens is 285 g/mol. The molecule has 0 radical (unpaired) electrons. The van der Waals surface area contributed by atoms with Gasteiger partial charge < -0.3 is 10.2 Å². The molecule has 0 aliphatic carbocycles. The third kappa shape index (κ3) is 7.34. The molecule has 0 spiro atoms. The van der Waals surface area contributed by atoms with Gasteiger partial charge in [-0.1, -0.05) is 43.3 Å². The monoisotopic (exact) mass is 302 g/mol. The SMILES string of the molecule is CC(C)c1ccc(C=NOCC(=O)NCC(F)(F)F)cc1. The van der Waals surface area contributed by atoms with Gasteiger partial charge in [0, 0.05) is 0 Å². The van der Waals surface area contributed by atoms with E-state index in [1.807, 2.05) is 24.3 Å². The summed E-state index contributed by atoms with van der Waals surface area (Å²) in [4.78, 5) is 15.6. The van der Waals surface area contributed by atoms with E-state index in [1.54, 1.807) is 5.32 Å². The second kappa shape index (κ2) is 7.66. The number of amides is 1. The third-order valence-corrected chi connectivity index (χ3v) is 2.56. The van der Waals surface area contributed by atoms with Crippen LogP contribution in [0.25, 0.3) is 0 Å². The number of benzene rings is 1. The second-order valence-electron chi connectivity index (χ2n) is 4.72. The molecule has 1 aromatic carbocycles. The number of hydrogen-bond donors (Lipinski definition) is 1. The number of alkyl halides is 3. The minimum absolute atomic E-state index is 0.421. The summed E-state index contributed by atoms with van der Waals surface area (Å²) in [5.41, 5.74) is 1.95. The predicted octanol–water partition coefficient (Wildman–Crippen LogP) is 2.84. The van der Waals surface area contributed by atoms with E-state index < -0.39 is 25.2 Å². The number of carbonyl (C=O) groups is 1. The Hall–Kier alpha value is -2.05. The number of nitrogens with one attached hydrogen (secondary N) is 1. The van der Waals surface area contributed by atoms with Crippen molar-refractivity contribution in [3.05, 3.63) is 35.4 Å². The van der Waals surface area contributed by atoms with Gasteiger partial charge in [0.2, 0.25) is 0 Å². The highest BCUT2D eigenvalue weighted by Crippen LogP contribution is 2.14. The van der Waals surface area contributed by atoms with Crippen molar-refractivity contribution < 1.29 is 22.8 Å². The molecule has 1 amide bonds. The molecule has 1 aromatic rings. The number of oxime groups is 1. The number of hydrogen-bond acceptors (Lipinski definition) is 3. The average Bonchev–Trinajstić information content (AvgIpc) is 2.41. The van der Waals surface area contributed by atoms with Crippen molar-refractivity contribution in [3.8, 4) is 0 Å². The van der Waals surface area contributed by atoms with Crippen LogP contribution in [0.5, 0.6) is 0 Å². The topological polar surface area (TPSA) is 50.7 Å². The van der Waals surface area contributed by atoms with Gasteiger partial charge in [-0.05, 0) is 17.0 Å². The first-order chi connectivity index (χ1) is 9.78. The molecule has 4 nitrogen and oxygen atoms in total. The van der Waals surface area contributed by atoms with Gasteiger partial charge >= 0.3 is 6.18 Å². The van der Waals surface area contributed by atoms with Crippen LogP contribution in [-0.4, -0.2) is 31.4 Å². The Morgan fingerprint density at radius 2 is 1.95 bits per heavy atom. The summed E-state index contributed by atoms with van der Waals surface area (Å²) in [6, 6.07) is 7.57. The Morgan fingerprint density at radius 1 is 1.33 bits per heavy atom. The number of nitrogens with zero attached hydrogens (tertiary/aromatic N) is 1. The van der Waals surface area contributed by atoms with Crippen molar-refractivity contribution in [1.29, 1.82) is 0 Å². The highest BCUT2D eigenvalue weighted by atomic mass is 19.4. The highest BCUT2D eigenvalue weighted by molar-refractivity contribution is 5.79. The number of halogens is 3. The van der Waals surface area contributed by atoms with Crippen LogP contribution in [-0.2, 0) is 9.63 Å². The summed E-state index contributed by atoms with van der Waals surface area (Å²) in [7, 11) is 0. The molecule has 1 rings (SSSR count). The van der Waals surface area contributed by atoms with E-state index in [0.29, 0.717) is 5.92 Å². The van der Waals surface area contributed by atoms with E-state index in [1.165, 1.54) is 11.8 Å². The number of carbonyl (C=O) groups excluding carboxylic acids is 1. The Balaban J connectivity index is 2.33. The molecule has 7 heteroatoms. The predicted molar refractivity (Wildman–Crippen MR) is 73.1 cm³/mol. The minimum atomic E-state index is -4.43. The molecule has 21 heavy (non-hydrogen) atoms. The van der Waals surface area contributed by atoms with Crippen molar-refractivity contribution in [2.24, 2.45) is 5.16 Å². The first-order valence-electron chi connectivity index (χ1n) is 6.36. The standard InChI is InChI=1S/C14H17F3N2O2/c1-10(2)12-5-3-11(4-6-12)7-19-21-8-13(20)18-9-14(15,16)17/h3-7,10H,8-9H2,1-2H3,(H,18,20). The van der Waals surface area contributed by atoms with E-state index in [2.05, 4.69) is 23.8 Å². The lowest BCUT2D eigenvalue weighted by Crippen LogP contribution is -2.35. The zero-order valence-electron chi connectivity index (χ0n) is 11.8. The molecule has 0 saturated heterocycles. The Labute approximate surface area is 121 Å². The Bertz CT molecular complexity index is 482. The van der Waals surface area contributed by atoms with Crippen molar-refractivity contribution in [2.45, 2.75) is 25.9 Å². The first-order valence-corrected chi connectivity index (χ1v) is 6.36. The first kappa shape index (κ1) is 17.0. The third-order valence-electron chi connectivity index (χ3n) is 2.56. The maximum atomic E-state index is 11.8. The summed E-state index contributed by atoms with van der Waals surface area (Å²) < 4.78 is 35.5. The van der Waals surface area contributed by atoms with E-state index in [9.17, 15) is 18.0 Å². The van der Waals surface area contributed by atoms with E-state index >= 15 is 0 Å². The van der Waals surface area contributed by atoms with E-state index in [0.717, 1.165) is 5.56 Å². The molecule has 0 bridgehead atoms. The van der Waals surface area contributed by atoms with Crippen molar-refractivity contribution in [1.82, 2.24) is 5.32 Å². The molecule has 0 atom stereocenters. The summed E-state index contributed by atoms with van der Waals surface area (Å²) >= 11 is 0. The van der Waals surface area contributed by atoms with Crippen LogP contribution in [0.3, 0.4) is 0 Å². The van der Waals surface area contributed by atoms with Gasteiger partial charge in [-0.15, -0.1) is 0 Å². The van der Waals surface area contributed by atoms with Crippen LogP contribution in [0, 0.1) is 0 Å². The van der Waals surface area contributed by atoms with Crippen LogP contribution in [0.15, 0.2) is 29.4 Å². The Kier molecular flexibility index (Phi) is 6.20. The van der Waals surface area contributed by atoms with E-state index in [-0.39, 0.29) is 0 Å². The fraction of sp³-hybridized carbons (Fsp3) is 0.429. The lowest BCUT2D eigenvalue weighted by molar-refractivity contribution is -0.141. The quantitative estimate of drug-likeness (QED) is 0.649. The molecule has 0 saturated carbocycles. The maximum absolute atomic E-state index is 11.8. The lowest BCUT2D eigenvalue weighted by Gasteiger charge is -2.07. The van der Waals surface area contributed by atoms with Gasteiger partial charge in [-0.25, -0.2) is 0 Å². The average molecular weight is 302 g/mol. The van der Waals surface area contributed by atoms with E-state index in [4.69, 9.17) is 0 Å². The molecule has 0 aromatic heterocycles. The molecular formula is C14H17F3N2O2. The van der Waals surface area contributed by atoms with Crippen LogP contribution in [0.2, 0.25) is 0 Å². The lowest BCUT2D eigenvalue weighted by atomic mass is 10.0. The summed E-state index contributed by atoms with van der Waals surface area (Å²) in [5, 5.41) is 5.21. The van der Waals surface area contributed by atoms with Gasteiger partial charge in [0.25, 0.3) is 5.91 Å². The van der Waals surface area contributed by atoms with Crippen LogP contribution in [0.4, 0.5) is 13.2 Å². The normalized spacial score (nSPS) is 11.9. The summed E-state index contributed by atoms with van der Waals surface area (Å²) in [5.74, 6) is -0.454. The molecule has 1 N–H and O–H groups in total. The molecule has 0 aliphatic rings. The molecule has 0 heterocycles. The summed E-state index contributed by atoms with van der Waals surface area (Å²) in [6.45, 7) is 2.21. The van der Waals surface area contributed by atoms with Crippen molar-refractivity contribution in [2.75, 3.05) is 13.2 Å². The highest BCUT2D eigenvalue weighted by Gasteiger charge is 2.27. The Morgan fingerprint density at radius 3 is 2.48 bits per heavy atom. The van der Waals surface area contributed by atoms with Crippen LogP contribution >= 0.6 is 0 Å². The van der Waals surface area contributed by atoms with Crippen molar-refractivity contribution >= 4 is 12.1 Å². The second-order valence-corrected chi connectivity index (χ2v) is 4.72. The fourth-order valence-electron chi connectivity index (χ4n) is 1.41. The largest absolute Gasteiger partial charge is 0.405 e. The molecule has 0 aliphatic heterocycles. The van der Waals surface area contributed by atoms with Gasteiger partial charge in [0.05, 0.1) is 6.21 Å². The minimum Gasteiger partial charge on any atom is -0.386 e. The molecule has 116 valence electrons. The van der Waals surface area contributed by atoms with Crippen molar-refractivity contribution in [3.63, 3.8) is 0 Å². The number of rotatable bonds is 6. The fourth-order valence-corrected chi connectivity index (χ4v) is 1.41. The molecule has 0 unspecified atom stereocenters. The summed E-state index contributed by atoms with van der Waals surface area (Å²) in [6.07, 6.45) is -3.04. The molecule has 0 fully saturated rings. The van der Waals surface area contributed by atoms with Crippen LogP contribution < -0.4 is 5.32 Å². The van der Waals surface area contributed by atoms with Gasteiger partial charge in [-0.2, -0.15) is 13.2 Å². The maximum Gasteiger partial charge on any atom is 0.405 e. The van der Waals surface area contributed by atoms with Gasteiger partial charge in [0.1, 0.15) is 6.54 Å².